The third-order valence-electron chi connectivity index (χ3n) is 8.72. The average Bonchev–Trinajstić information content (AvgIpc) is 3.13. The maximum Gasteiger partial charge on any atom is -0.0149 e. The van der Waals surface area contributed by atoms with Gasteiger partial charge in [-0.3, -0.25) is 0 Å². The molecule has 0 saturated heterocycles. The van der Waals surface area contributed by atoms with E-state index in [0.717, 1.165) is 34.5 Å². The van der Waals surface area contributed by atoms with Gasteiger partial charge in [0, 0.05) is 0 Å². The van der Waals surface area contributed by atoms with Gasteiger partial charge in [0.1, 0.15) is 0 Å². The molecule has 0 radical (unpaired) electrons. The summed E-state index contributed by atoms with van der Waals surface area (Å²) in [5.74, 6) is 3.74. The smallest absolute Gasteiger partial charge is 0.0149 e. The van der Waals surface area contributed by atoms with Crippen LogP contribution >= 0.6 is 6.57 Å². The number of rotatable bonds is 6. The molecule has 0 nitrogen and oxygen atoms in total. The van der Waals surface area contributed by atoms with Crippen molar-refractivity contribution in [2.45, 2.75) is 79.6 Å². The van der Waals surface area contributed by atoms with E-state index in [0.29, 0.717) is 0 Å². The zero-order chi connectivity index (χ0) is 26.0. The minimum Gasteiger partial charge on any atom is -0.0149 e. The van der Waals surface area contributed by atoms with Crippen LogP contribution in [0.3, 0.4) is 0 Å². The van der Waals surface area contributed by atoms with E-state index >= 15 is 0 Å². The molecule has 6 unspecified atom stereocenters. The minimum absolute atomic E-state index is 0. The van der Waals surface area contributed by atoms with Crippen molar-refractivity contribution < 1.29 is 16.1 Å². The van der Waals surface area contributed by atoms with Crippen molar-refractivity contribution in [1.82, 2.24) is 0 Å². The van der Waals surface area contributed by atoms with Crippen molar-refractivity contribution in [3.63, 3.8) is 0 Å². The molecule has 200 valence electrons. The van der Waals surface area contributed by atoms with Crippen molar-refractivity contribution >= 4 is 39.0 Å². The van der Waals surface area contributed by atoms with Crippen LogP contribution in [0.4, 0.5) is 0 Å². The summed E-state index contributed by atoms with van der Waals surface area (Å²) in [6.07, 6.45) is 15.8. The third-order valence-corrected chi connectivity index (χ3v) is 24.1. The molecule has 2 saturated carbocycles. The Hall–Kier alpha value is -0.0251. The van der Waals surface area contributed by atoms with Gasteiger partial charge in [0.25, 0.3) is 0 Å². The van der Waals surface area contributed by atoms with Crippen LogP contribution in [0.25, 0.3) is 0 Å². The maximum atomic E-state index is 4.19. The second kappa shape index (κ2) is 12.9. The van der Waals surface area contributed by atoms with Crippen LogP contribution in [0.5, 0.6) is 0 Å². The van der Waals surface area contributed by atoms with E-state index in [1.54, 1.807) is 5.30 Å². The Bertz CT molecular complexity index is 928. The molecule has 1 aromatic rings. The van der Waals surface area contributed by atoms with Crippen LogP contribution < -0.4 is 5.30 Å². The van der Waals surface area contributed by atoms with Gasteiger partial charge in [-0.15, -0.1) is 0 Å². The summed E-state index contributed by atoms with van der Waals surface area (Å²) >= 11 is -1.87. The largest absolute Gasteiger partial charge is 0.0149 e. The molecule has 0 bridgehead atoms. The summed E-state index contributed by atoms with van der Waals surface area (Å²) in [6.45, 7) is 23.5. The van der Waals surface area contributed by atoms with Crippen LogP contribution in [0.15, 0.2) is 78.2 Å². The van der Waals surface area contributed by atoms with Crippen molar-refractivity contribution in [3.8, 4) is 0 Å². The van der Waals surface area contributed by atoms with Crippen molar-refractivity contribution in [1.29, 1.82) is 0 Å². The van der Waals surface area contributed by atoms with Crippen LogP contribution in [-0.4, -0.2) is 27.1 Å². The van der Waals surface area contributed by atoms with Gasteiger partial charge in [0.05, 0.1) is 16.1 Å². The molecule has 0 spiro atoms. The van der Waals surface area contributed by atoms with Crippen molar-refractivity contribution in [2.24, 2.45) is 23.7 Å². The Morgan fingerprint density at radius 1 is 0.778 bits per heavy atom. The minimum atomic E-state index is -1.87. The van der Waals surface area contributed by atoms with E-state index in [-0.39, 0.29) is 11.0 Å². The second-order valence-electron chi connectivity index (χ2n) is 13.7. The van der Waals surface area contributed by atoms with Gasteiger partial charge in [0.2, 0.25) is 0 Å². The fraction of sp³-hybridized carbons (Fsp3) is 0.548. The molecule has 1 aromatic carbocycles. The van der Waals surface area contributed by atoms with Gasteiger partial charge >= 0.3 is 147 Å². The van der Waals surface area contributed by atoms with Gasteiger partial charge in [-0.25, -0.2) is 0 Å². The van der Waals surface area contributed by atoms with Crippen molar-refractivity contribution in [2.75, 3.05) is 0 Å². The molecule has 4 rings (SSSR count). The zero-order valence-corrected chi connectivity index (χ0v) is 28.4. The summed E-state index contributed by atoms with van der Waals surface area (Å²) in [6, 6.07) is 11.3. The SMILES string of the molecule is C=C(C(=C)[Si](C)(C)C)[Si](C)(C)C.[CH3][Ti]([CH3])([PH]c1ccccc1)[CH]1C2C=CC=CC2C2CCCCC21.[SiH4]. The maximum absolute atomic E-state index is 4.19. The molecule has 3 aliphatic carbocycles. The standard InChI is InChI=1S/C13H17.C10H22Si2.C6H6P.2CH3.H4Si.Ti/c1-3-7-12-10(5-1)9-11-6-2-4-8-13(11)12;1-9(11(3,4)5)10(2)12(6,7)8;7-6-4-2-1-3-5-6;;;;/h1,3,5,7,9-13H,2,4,6,8H2;1-2H2,3-8H3;1-5,7H;2*1H3;1H4;/q;;-1;;;;+1. The molecule has 0 heterocycles. The first kappa shape index (κ1) is 32.2. The predicted octanol–water partition coefficient (Wildman–Crippen LogP) is 8.52. The molecule has 2 fully saturated rings. The Morgan fingerprint density at radius 3 is 1.75 bits per heavy atom. The molecule has 0 amide bonds. The Balaban J connectivity index is 0.000000303. The van der Waals surface area contributed by atoms with E-state index in [4.69, 9.17) is 0 Å². The topological polar surface area (TPSA) is 0 Å². The molecular formula is C31H55PSi3Ti. The molecule has 0 N–H and O–H groups in total. The number of fused-ring (bicyclic) bond motifs is 3. The van der Waals surface area contributed by atoms with E-state index in [1.165, 1.54) is 36.1 Å². The van der Waals surface area contributed by atoms with Gasteiger partial charge < -0.3 is 0 Å². The number of allylic oxidation sites excluding steroid dienone is 6. The molecule has 36 heavy (non-hydrogen) atoms. The average molecular weight is 591 g/mol. The van der Waals surface area contributed by atoms with Crippen LogP contribution in [0.2, 0.25) is 54.0 Å². The fourth-order valence-electron chi connectivity index (χ4n) is 6.72. The first-order chi connectivity index (χ1) is 16.2. The molecule has 0 aliphatic heterocycles. The van der Waals surface area contributed by atoms with Crippen molar-refractivity contribution in [3.05, 3.63) is 78.2 Å². The summed E-state index contributed by atoms with van der Waals surface area (Å²) in [5.41, 5.74) is 0. The summed E-state index contributed by atoms with van der Waals surface area (Å²) in [5, 5.41) is 9.80. The monoisotopic (exact) mass is 590 g/mol. The number of hydrogen-bond donors (Lipinski definition) is 0. The first-order valence-electron chi connectivity index (χ1n) is 13.8. The van der Waals surface area contributed by atoms with Gasteiger partial charge in [-0.1, -0.05) is 62.8 Å². The van der Waals surface area contributed by atoms with E-state index in [9.17, 15) is 0 Å². The molecule has 3 aliphatic rings. The predicted molar refractivity (Wildman–Crippen MR) is 177 cm³/mol. The van der Waals surface area contributed by atoms with E-state index in [1.807, 2.05) is 0 Å². The summed E-state index contributed by atoms with van der Waals surface area (Å²) < 4.78 is 1.03. The first-order valence-corrected chi connectivity index (χ1v) is 28.2. The van der Waals surface area contributed by atoms with Crippen LogP contribution in [0, 0.1) is 23.7 Å². The molecule has 6 atom stereocenters. The van der Waals surface area contributed by atoms with Gasteiger partial charge in [-0.05, 0) is 11.0 Å². The Kier molecular flexibility index (Phi) is 11.5. The molecule has 0 aromatic heterocycles. The second-order valence-corrected chi connectivity index (χ2v) is 37.7. The van der Waals surface area contributed by atoms with E-state index < -0.39 is 32.2 Å². The zero-order valence-electron chi connectivity index (χ0n) is 23.8. The molecular weight excluding hydrogens is 535 g/mol. The van der Waals surface area contributed by atoms with Crippen LogP contribution in [0.1, 0.15) is 25.7 Å². The summed E-state index contributed by atoms with van der Waals surface area (Å²) in [4.78, 5) is 0. The van der Waals surface area contributed by atoms with Gasteiger partial charge in [-0.2, -0.15) is 0 Å². The summed E-state index contributed by atoms with van der Waals surface area (Å²) in [7, 11) is -2.39. The van der Waals surface area contributed by atoms with Crippen LogP contribution in [-0.2, 0) is 16.1 Å². The van der Waals surface area contributed by atoms with E-state index in [2.05, 4.69) is 118 Å². The number of hydrogen-bond acceptors (Lipinski definition) is 0. The van der Waals surface area contributed by atoms with Gasteiger partial charge in [0.15, 0.2) is 0 Å². The quantitative estimate of drug-likeness (QED) is 0.177. The Labute approximate surface area is 235 Å². The number of benzene rings is 1. The Morgan fingerprint density at radius 2 is 1.25 bits per heavy atom. The normalized spacial score (nSPS) is 27.5. The fourth-order valence-corrected chi connectivity index (χ4v) is 23.1. The third kappa shape index (κ3) is 7.77. The molecule has 5 heteroatoms.